The molecule has 0 amide bonds. The molecule has 106 valence electrons. The predicted molar refractivity (Wildman–Crippen MR) is 71.4 cm³/mol. The Balaban J connectivity index is 1.74. The Morgan fingerprint density at radius 3 is 2.85 bits per heavy atom. The van der Waals surface area contributed by atoms with Crippen molar-refractivity contribution in [2.24, 2.45) is 0 Å². The van der Waals surface area contributed by atoms with Crippen molar-refractivity contribution in [3.8, 4) is 0 Å². The third kappa shape index (κ3) is 2.34. The van der Waals surface area contributed by atoms with E-state index in [2.05, 4.69) is 5.32 Å². The van der Waals surface area contributed by atoms with Crippen molar-refractivity contribution in [2.45, 2.75) is 31.7 Å². The Hall–Kier alpha value is -1.72. The van der Waals surface area contributed by atoms with Crippen molar-refractivity contribution in [3.63, 3.8) is 0 Å². The monoisotopic (exact) mass is 278 g/mol. The molecule has 2 N–H and O–H groups in total. The summed E-state index contributed by atoms with van der Waals surface area (Å²) in [6, 6.07) is 10.9. The maximum atomic E-state index is 12.8. The Bertz CT molecular complexity index is 597. The minimum atomic E-state index is -2.54. The van der Waals surface area contributed by atoms with Crippen LogP contribution in [0.4, 0.5) is 8.78 Å². The topological polar surface area (TPSA) is 37.2 Å². The molecule has 5 heteroatoms. The number of nitrogens with one attached hydrogen (secondary N) is 1. The summed E-state index contributed by atoms with van der Waals surface area (Å²) >= 11 is 0. The van der Waals surface area contributed by atoms with Crippen LogP contribution in [0.15, 0.2) is 42.6 Å². The van der Waals surface area contributed by atoms with Gasteiger partial charge in [-0.15, -0.1) is 0 Å². The van der Waals surface area contributed by atoms with Crippen LogP contribution in [0, 0.1) is 0 Å². The second kappa shape index (κ2) is 5.34. The fraction of sp³-hybridized carbons (Fsp3) is 0.333. The first-order valence-corrected chi connectivity index (χ1v) is 6.60. The second-order valence-electron chi connectivity index (χ2n) is 5.01. The molecule has 0 radical (unpaired) electrons. The molecular formula is C15H16F2N2O. The molecule has 0 fully saturated rings. The third-order valence-electron chi connectivity index (χ3n) is 3.78. The number of hydrogen-bond acceptors (Lipinski definition) is 2. The summed E-state index contributed by atoms with van der Waals surface area (Å²) < 4.78 is 26.5. The molecule has 0 unspecified atom stereocenters. The smallest absolute Gasteiger partial charge is 0.318 e. The largest absolute Gasteiger partial charge is 0.391 e. The predicted octanol–water partition coefficient (Wildman–Crippen LogP) is 2.63. The van der Waals surface area contributed by atoms with E-state index in [9.17, 15) is 13.9 Å². The van der Waals surface area contributed by atoms with Gasteiger partial charge in [-0.3, -0.25) is 4.57 Å². The molecule has 1 aromatic heterocycles. The zero-order chi connectivity index (χ0) is 14.1. The first-order valence-electron chi connectivity index (χ1n) is 6.60. The molecule has 1 aliphatic rings. The molecule has 1 aliphatic carbocycles. The van der Waals surface area contributed by atoms with E-state index in [0.29, 0.717) is 18.7 Å². The van der Waals surface area contributed by atoms with Gasteiger partial charge in [0.2, 0.25) is 0 Å². The zero-order valence-corrected chi connectivity index (χ0v) is 10.8. The third-order valence-corrected chi connectivity index (χ3v) is 3.78. The van der Waals surface area contributed by atoms with Gasteiger partial charge in [-0.2, -0.15) is 8.78 Å². The summed E-state index contributed by atoms with van der Waals surface area (Å²) in [7, 11) is 0. The van der Waals surface area contributed by atoms with Gasteiger partial charge in [-0.05, 0) is 23.3 Å². The van der Waals surface area contributed by atoms with Gasteiger partial charge in [-0.1, -0.05) is 24.3 Å². The molecule has 0 aliphatic heterocycles. The molecule has 0 saturated heterocycles. The molecular weight excluding hydrogens is 262 g/mol. The first-order chi connectivity index (χ1) is 9.66. The Morgan fingerprint density at radius 1 is 1.25 bits per heavy atom. The van der Waals surface area contributed by atoms with Crippen molar-refractivity contribution < 1.29 is 13.9 Å². The van der Waals surface area contributed by atoms with E-state index in [1.54, 1.807) is 12.1 Å². The highest BCUT2D eigenvalue weighted by Crippen LogP contribution is 2.31. The average Bonchev–Trinajstić information content (AvgIpc) is 3.00. The van der Waals surface area contributed by atoms with E-state index in [0.717, 1.165) is 15.7 Å². The summed E-state index contributed by atoms with van der Waals surface area (Å²) in [6.45, 7) is -2.24. The summed E-state index contributed by atoms with van der Waals surface area (Å²) in [6.07, 6.45) is 1.45. The highest BCUT2D eigenvalue weighted by atomic mass is 19.3. The van der Waals surface area contributed by atoms with Crippen LogP contribution in [0.1, 0.15) is 29.4 Å². The van der Waals surface area contributed by atoms with Crippen LogP contribution in [0.5, 0.6) is 0 Å². The highest BCUT2D eigenvalue weighted by Gasteiger charge is 2.30. The van der Waals surface area contributed by atoms with Gasteiger partial charge >= 0.3 is 6.55 Å². The number of benzene rings is 1. The van der Waals surface area contributed by atoms with Gasteiger partial charge < -0.3 is 10.4 Å². The van der Waals surface area contributed by atoms with E-state index in [-0.39, 0.29) is 6.04 Å². The molecule has 3 rings (SSSR count). The molecule has 3 nitrogen and oxygen atoms in total. The molecule has 1 heterocycles. The van der Waals surface area contributed by atoms with Crippen molar-refractivity contribution in [1.82, 2.24) is 9.88 Å². The Labute approximate surface area is 115 Å². The van der Waals surface area contributed by atoms with E-state index >= 15 is 0 Å². The normalized spacial score (nSPS) is 21.4. The average molecular weight is 278 g/mol. The lowest BCUT2D eigenvalue weighted by molar-refractivity contribution is 0.0667. The minimum Gasteiger partial charge on any atom is -0.391 e. The lowest BCUT2D eigenvalue weighted by Crippen LogP contribution is -2.29. The maximum Gasteiger partial charge on any atom is 0.318 e. The van der Waals surface area contributed by atoms with Crippen molar-refractivity contribution >= 4 is 0 Å². The zero-order valence-electron chi connectivity index (χ0n) is 10.8. The molecule has 0 bridgehead atoms. The number of halogens is 2. The lowest BCUT2D eigenvalue weighted by Gasteiger charge is -2.18. The van der Waals surface area contributed by atoms with Crippen LogP contribution in [-0.2, 0) is 13.0 Å². The SMILES string of the molecule is O[C@H]1Cc2ccccc2[C@H]1NCc1cccn1C(F)F. The summed E-state index contributed by atoms with van der Waals surface area (Å²) in [4.78, 5) is 0. The van der Waals surface area contributed by atoms with E-state index < -0.39 is 12.7 Å². The number of aliphatic hydroxyl groups excluding tert-OH is 1. The van der Waals surface area contributed by atoms with Crippen LogP contribution >= 0.6 is 0 Å². The van der Waals surface area contributed by atoms with Crippen LogP contribution in [0.25, 0.3) is 0 Å². The van der Waals surface area contributed by atoms with Crippen LogP contribution in [-0.4, -0.2) is 15.8 Å². The van der Waals surface area contributed by atoms with Crippen LogP contribution < -0.4 is 5.32 Å². The number of aliphatic hydroxyl groups is 1. The van der Waals surface area contributed by atoms with Crippen LogP contribution in [0.3, 0.4) is 0 Å². The summed E-state index contributed by atoms with van der Waals surface area (Å²) in [5.74, 6) is 0. The van der Waals surface area contributed by atoms with Crippen molar-refractivity contribution in [3.05, 3.63) is 59.4 Å². The van der Waals surface area contributed by atoms with Crippen molar-refractivity contribution in [2.75, 3.05) is 0 Å². The standard InChI is InChI=1S/C15H16F2N2O/c16-15(17)19-7-3-5-11(19)9-18-14-12-6-2-1-4-10(12)8-13(14)20/h1-7,13-15,18,20H,8-9H2/t13-,14+/m0/s1. The van der Waals surface area contributed by atoms with Gasteiger partial charge in [0, 0.05) is 24.9 Å². The molecule has 1 aromatic carbocycles. The van der Waals surface area contributed by atoms with E-state index in [1.165, 1.54) is 6.20 Å². The Morgan fingerprint density at radius 2 is 2.05 bits per heavy atom. The van der Waals surface area contributed by atoms with Gasteiger partial charge in [0.1, 0.15) is 0 Å². The van der Waals surface area contributed by atoms with Gasteiger partial charge in [0.15, 0.2) is 0 Å². The highest BCUT2D eigenvalue weighted by molar-refractivity contribution is 5.36. The van der Waals surface area contributed by atoms with Crippen LogP contribution in [0.2, 0.25) is 0 Å². The molecule has 2 aromatic rings. The quantitative estimate of drug-likeness (QED) is 0.902. The van der Waals surface area contributed by atoms with Gasteiger partial charge in [0.05, 0.1) is 12.1 Å². The Kier molecular flexibility index (Phi) is 3.54. The first kappa shape index (κ1) is 13.3. The number of aromatic nitrogens is 1. The van der Waals surface area contributed by atoms with E-state index in [1.807, 2.05) is 24.3 Å². The fourth-order valence-corrected chi connectivity index (χ4v) is 2.80. The summed E-state index contributed by atoms with van der Waals surface area (Å²) in [5, 5.41) is 13.3. The molecule has 0 saturated carbocycles. The number of alkyl halides is 2. The molecule has 2 atom stereocenters. The molecule has 0 spiro atoms. The lowest BCUT2D eigenvalue weighted by atomic mass is 10.1. The van der Waals surface area contributed by atoms with Gasteiger partial charge in [-0.25, -0.2) is 0 Å². The number of hydrogen-bond donors (Lipinski definition) is 2. The maximum absolute atomic E-state index is 12.8. The summed E-state index contributed by atoms with van der Waals surface area (Å²) in [5.41, 5.74) is 2.67. The minimum absolute atomic E-state index is 0.202. The number of fused-ring (bicyclic) bond motifs is 1. The molecule has 20 heavy (non-hydrogen) atoms. The second-order valence-corrected chi connectivity index (χ2v) is 5.01. The number of rotatable bonds is 4. The van der Waals surface area contributed by atoms with Crippen molar-refractivity contribution in [1.29, 1.82) is 0 Å². The van der Waals surface area contributed by atoms with Gasteiger partial charge in [0.25, 0.3) is 0 Å². The fourth-order valence-electron chi connectivity index (χ4n) is 2.80. The van der Waals surface area contributed by atoms with E-state index in [4.69, 9.17) is 0 Å². The number of nitrogens with zero attached hydrogens (tertiary/aromatic N) is 1.